The second-order valence-corrected chi connectivity index (χ2v) is 4.04. The topological polar surface area (TPSA) is 47.9 Å². The number of methoxy groups -OCH3 is 1. The van der Waals surface area contributed by atoms with Crippen molar-refractivity contribution in [1.82, 2.24) is 0 Å². The summed E-state index contributed by atoms with van der Waals surface area (Å²) in [6.45, 7) is 0.451. The maximum absolute atomic E-state index is 11.1. The zero-order valence-corrected chi connectivity index (χ0v) is 9.70. The van der Waals surface area contributed by atoms with Gasteiger partial charge in [-0.15, -0.1) is 0 Å². The zero-order valence-electron chi connectivity index (χ0n) is 9.70. The van der Waals surface area contributed by atoms with Gasteiger partial charge in [0.1, 0.15) is 6.61 Å². The van der Waals surface area contributed by atoms with Gasteiger partial charge >= 0.3 is 5.97 Å². The number of benzene rings is 1. The van der Waals surface area contributed by atoms with Crippen LogP contribution in [0.1, 0.15) is 12.0 Å². The molecule has 0 heterocycles. The number of hydrogen-bond donors (Lipinski definition) is 0. The largest absolute Gasteiger partial charge is 0.469 e. The third-order valence-electron chi connectivity index (χ3n) is 2.74. The third kappa shape index (κ3) is 3.31. The third-order valence-corrected chi connectivity index (χ3v) is 2.74. The lowest BCUT2D eigenvalue weighted by Gasteiger charge is -1.98. The molecule has 2 atom stereocenters. The molecule has 1 saturated carbocycles. The normalized spacial score (nSPS) is 22.4. The van der Waals surface area contributed by atoms with E-state index in [1.54, 1.807) is 6.21 Å². The summed E-state index contributed by atoms with van der Waals surface area (Å²) in [7, 11) is 1.40. The second-order valence-electron chi connectivity index (χ2n) is 4.04. The van der Waals surface area contributed by atoms with Crippen molar-refractivity contribution in [3.05, 3.63) is 35.9 Å². The molecule has 1 aromatic rings. The number of hydrogen-bond acceptors (Lipinski definition) is 4. The minimum Gasteiger partial charge on any atom is -0.469 e. The van der Waals surface area contributed by atoms with Crippen LogP contribution < -0.4 is 0 Å². The van der Waals surface area contributed by atoms with Gasteiger partial charge < -0.3 is 9.57 Å². The fraction of sp³-hybridized carbons (Fsp3) is 0.385. The van der Waals surface area contributed by atoms with Crippen molar-refractivity contribution in [2.75, 3.05) is 7.11 Å². The van der Waals surface area contributed by atoms with Crippen molar-refractivity contribution >= 4 is 12.2 Å². The molecule has 0 aromatic heterocycles. The first-order valence-corrected chi connectivity index (χ1v) is 5.58. The summed E-state index contributed by atoms with van der Waals surface area (Å²) in [5.74, 6) is -0.00759. The molecule has 0 aliphatic heterocycles. The molecule has 0 bridgehead atoms. The van der Waals surface area contributed by atoms with Crippen LogP contribution in [0.5, 0.6) is 0 Å². The van der Waals surface area contributed by atoms with Crippen molar-refractivity contribution in [3.63, 3.8) is 0 Å². The minimum atomic E-state index is -0.162. The summed E-state index contributed by atoms with van der Waals surface area (Å²) in [4.78, 5) is 16.3. The highest BCUT2D eigenvalue weighted by Gasteiger charge is 2.43. The highest BCUT2D eigenvalue weighted by Crippen LogP contribution is 2.37. The predicted octanol–water partition coefficient (Wildman–Crippen LogP) is 2.00. The summed E-state index contributed by atoms with van der Waals surface area (Å²) >= 11 is 0. The van der Waals surface area contributed by atoms with E-state index in [1.165, 1.54) is 7.11 Å². The monoisotopic (exact) mass is 233 g/mol. The maximum atomic E-state index is 11.1. The number of esters is 1. The van der Waals surface area contributed by atoms with E-state index in [2.05, 4.69) is 9.89 Å². The first-order valence-electron chi connectivity index (χ1n) is 5.58. The lowest BCUT2D eigenvalue weighted by atomic mass is 10.2. The zero-order chi connectivity index (χ0) is 12.1. The number of carbonyl (C=O) groups excluding carboxylic acids is 1. The average molecular weight is 233 g/mol. The smallest absolute Gasteiger partial charge is 0.309 e. The van der Waals surface area contributed by atoms with Gasteiger partial charge in [0, 0.05) is 12.1 Å². The van der Waals surface area contributed by atoms with Gasteiger partial charge in [0.05, 0.1) is 13.0 Å². The van der Waals surface area contributed by atoms with E-state index in [1.807, 2.05) is 30.3 Å². The summed E-state index contributed by atoms with van der Waals surface area (Å²) in [5, 5.41) is 3.86. The first-order chi connectivity index (χ1) is 8.31. The molecule has 0 radical (unpaired) electrons. The van der Waals surface area contributed by atoms with E-state index >= 15 is 0 Å². The Bertz CT molecular complexity index is 402. The molecule has 90 valence electrons. The van der Waals surface area contributed by atoms with Crippen LogP contribution in [0.15, 0.2) is 35.5 Å². The Kier molecular flexibility index (Phi) is 3.75. The van der Waals surface area contributed by atoms with Crippen LogP contribution in [0.4, 0.5) is 0 Å². The van der Waals surface area contributed by atoms with E-state index in [9.17, 15) is 4.79 Å². The van der Waals surface area contributed by atoms with Crippen molar-refractivity contribution < 1.29 is 14.4 Å². The molecular weight excluding hydrogens is 218 g/mol. The molecule has 0 unspecified atom stereocenters. The lowest BCUT2D eigenvalue weighted by Crippen LogP contribution is -2.04. The van der Waals surface area contributed by atoms with Gasteiger partial charge in [0.2, 0.25) is 0 Å². The van der Waals surface area contributed by atoms with E-state index in [0.717, 1.165) is 12.0 Å². The predicted molar refractivity (Wildman–Crippen MR) is 63.3 cm³/mol. The Balaban J connectivity index is 1.68. The molecular formula is C13H15NO3. The van der Waals surface area contributed by atoms with Crippen LogP contribution in [0.25, 0.3) is 0 Å². The Morgan fingerprint density at radius 3 is 2.94 bits per heavy atom. The summed E-state index contributed by atoms with van der Waals surface area (Å²) in [6, 6.07) is 9.82. The molecule has 1 aliphatic carbocycles. The van der Waals surface area contributed by atoms with Crippen LogP contribution in [0.2, 0.25) is 0 Å². The summed E-state index contributed by atoms with van der Waals surface area (Å²) in [6.07, 6.45) is 2.50. The number of oxime groups is 1. The van der Waals surface area contributed by atoms with Crippen molar-refractivity contribution in [2.24, 2.45) is 17.0 Å². The van der Waals surface area contributed by atoms with E-state index in [-0.39, 0.29) is 17.8 Å². The van der Waals surface area contributed by atoms with Gasteiger partial charge in [-0.25, -0.2) is 0 Å². The van der Waals surface area contributed by atoms with Gasteiger partial charge in [-0.2, -0.15) is 0 Å². The molecule has 1 fully saturated rings. The van der Waals surface area contributed by atoms with E-state index in [4.69, 9.17) is 4.84 Å². The molecule has 0 amide bonds. The van der Waals surface area contributed by atoms with E-state index < -0.39 is 0 Å². The fourth-order valence-electron chi connectivity index (χ4n) is 1.61. The highest BCUT2D eigenvalue weighted by molar-refractivity contribution is 5.82. The van der Waals surface area contributed by atoms with Crippen molar-refractivity contribution in [2.45, 2.75) is 13.0 Å². The fourth-order valence-corrected chi connectivity index (χ4v) is 1.61. The van der Waals surface area contributed by atoms with Crippen LogP contribution in [0, 0.1) is 11.8 Å². The molecule has 4 heteroatoms. The molecule has 0 saturated heterocycles. The molecule has 0 N–H and O–H groups in total. The Morgan fingerprint density at radius 1 is 1.47 bits per heavy atom. The molecule has 0 spiro atoms. The van der Waals surface area contributed by atoms with Crippen molar-refractivity contribution in [3.8, 4) is 0 Å². The van der Waals surface area contributed by atoms with Crippen LogP contribution in [-0.2, 0) is 21.0 Å². The quantitative estimate of drug-likeness (QED) is 0.444. The number of ether oxygens (including phenoxy) is 1. The Morgan fingerprint density at radius 2 is 2.24 bits per heavy atom. The average Bonchev–Trinajstić information content (AvgIpc) is 3.14. The molecule has 17 heavy (non-hydrogen) atoms. The molecule has 2 rings (SSSR count). The maximum Gasteiger partial charge on any atom is 0.309 e. The second kappa shape index (κ2) is 5.48. The SMILES string of the molecule is COC(=O)[C@@H]1C[C@@H]1/C=N/OCc1ccccc1. The standard InChI is InChI=1S/C13H15NO3/c1-16-13(15)12-7-11(12)8-14-17-9-10-5-3-2-4-6-10/h2-6,8,11-12H,7,9H2,1H3/b14-8+/t11-,12-/m1/s1. The van der Waals surface area contributed by atoms with Gasteiger partial charge in [-0.1, -0.05) is 35.5 Å². The first kappa shape index (κ1) is 11.6. The van der Waals surface area contributed by atoms with Crippen LogP contribution in [-0.4, -0.2) is 19.3 Å². The summed E-state index contributed by atoms with van der Waals surface area (Å²) < 4.78 is 4.64. The molecule has 1 aromatic carbocycles. The minimum absolute atomic E-state index is 0.0240. The van der Waals surface area contributed by atoms with Gasteiger partial charge in [-0.05, 0) is 12.0 Å². The Hall–Kier alpha value is -1.84. The number of nitrogens with zero attached hydrogens (tertiary/aromatic N) is 1. The lowest BCUT2D eigenvalue weighted by molar-refractivity contribution is -0.142. The summed E-state index contributed by atoms with van der Waals surface area (Å²) in [5.41, 5.74) is 1.07. The van der Waals surface area contributed by atoms with Gasteiger partial charge in [0.25, 0.3) is 0 Å². The van der Waals surface area contributed by atoms with Crippen molar-refractivity contribution in [1.29, 1.82) is 0 Å². The van der Waals surface area contributed by atoms with Crippen LogP contribution >= 0.6 is 0 Å². The van der Waals surface area contributed by atoms with E-state index in [0.29, 0.717) is 6.61 Å². The Labute approximate surface area is 100 Å². The highest BCUT2D eigenvalue weighted by atomic mass is 16.6. The van der Waals surface area contributed by atoms with Gasteiger partial charge in [0.15, 0.2) is 0 Å². The van der Waals surface area contributed by atoms with Gasteiger partial charge in [-0.3, -0.25) is 4.79 Å². The molecule has 1 aliphatic rings. The number of rotatable bonds is 5. The van der Waals surface area contributed by atoms with Crippen LogP contribution in [0.3, 0.4) is 0 Å². The molecule has 4 nitrogen and oxygen atoms in total. The number of carbonyl (C=O) groups is 1.